The summed E-state index contributed by atoms with van der Waals surface area (Å²) in [5, 5.41) is 0. The second-order valence-corrected chi connectivity index (χ2v) is 13.1. The lowest BCUT2D eigenvalue weighted by Crippen LogP contribution is -2.47. The van der Waals surface area contributed by atoms with E-state index >= 15 is 0 Å². The van der Waals surface area contributed by atoms with E-state index in [4.69, 9.17) is 4.43 Å². The summed E-state index contributed by atoms with van der Waals surface area (Å²) in [6.07, 6.45) is 12.3. The zero-order valence-corrected chi connectivity index (χ0v) is 15.7. The summed E-state index contributed by atoms with van der Waals surface area (Å²) in [6, 6.07) is 1.26. The molecule has 0 radical (unpaired) electrons. The molecule has 0 spiro atoms. The van der Waals surface area contributed by atoms with Gasteiger partial charge in [-0.05, 0) is 48.2 Å². The predicted octanol–water partition coefficient (Wildman–Crippen LogP) is 6.31. The zero-order chi connectivity index (χ0) is 15.5. The maximum absolute atomic E-state index is 7.01. The molecule has 2 atom stereocenters. The molecule has 0 heterocycles. The van der Waals surface area contributed by atoms with Crippen molar-refractivity contribution in [2.24, 2.45) is 11.8 Å². The van der Waals surface area contributed by atoms with Gasteiger partial charge in [0.25, 0.3) is 0 Å². The second-order valence-electron chi connectivity index (χ2n) is 8.11. The third kappa shape index (κ3) is 3.82. The molecule has 0 aromatic heterocycles. The van der Waals surface area contributed by atoms with Crippen molar-refractivity contribution in [3.05, 3.63) is 12.7 Å². The standard InChI is InChI=1S/C19H36OSi/c1-6-7-12-21(15(2)3,16(4)5)20-19-13-17-10-8-9-11-18(17)14-19/h6,15-19H,1,7-14H2,2-5H3. The van der Waals surface area contributed by atoms with E-state index < -0.39 is 8.32 Å². The highest BCUT2D eigenvalue weighted by atomic mass is 28.4. The van der Waals surface area contributed by atoms with Gasteiger partial charge >= 0.3 is 0 Å². The minimum Gasteiger partial charge on any atom is -0.413 e. The smallest absolute Gasteiger partial charge is 0.198 e. The number of fused-ring (bicyclic) bond motifs is 1. The molecule has 2 aliphatic rings. The Bertz CT molecular complexity index is 314. The number of hydrogen-bond donors (Lipinski definition) is 0. The lowest BCUT2D eigenvalue weighted by molar-refractivity contribution is 0.177. The summed E-state index contributed by atoms with van der Waals surface area (Å²) in [5.74, 6) is 1.96. The first-order chi connectivity index (χ1) is 9.99. The highest BCUT2D eigenvalue weighted by Crippen LogP contribution is 2.47. The topological polar surface area (TPSA) is 9.23 Å². The quantitative estimate of drug-likeness (QED) is 0.395. The van der Waals surface area contributed by atoms with Crippen LogP contribution < -0.4 is 0 Å². The summed E-state index contributed by atoms with van der Waals surface area (Å²) in [4.78, 5) is 0. The molecule has 0 N–H and O–H groups in total. The van der Waals surface area contributed by atoms with Crippen molar-refractivity contribution >= 4 is 8.32 Å². The van der Waals surface area contributed by atoms with E-state index in [0.717, 1.165) is 18.3 Å². The van der Waals surface area contributed by atoms with Crippen molar-refractivity contribution in [1.29, 1.82) is 0 Å². The van der Waals surface area contributed by atoms with Crippen LogP contribution in [-0.4, -0.2) is 14.4 Å². The first-order valence-corrected chi connectivity index (χ1v) is 11.5. The van der Waals surface area contributed by atoms with Crippen molar-refractivity contribution in [1.82, 2.24) is 0 Å². The van der Waals surface area contributed by atoms with E-state index in [1.54, 1.807) is 0 Å². The van der Waals surface area contributed by atoms with Gasteiger partial charge in [0, 0.05) is 6.10 Å². The molecule has 0 saturated heterocycles. The molecular weight excluding hydrogens is 272 g/mol. The molecule has 2 unspecified atom stereocenters. The van der Waals surface area contributed by atoms with Crippen LogP contribution in [0.3, 0.4) is 0 Å². The molecule has 2 saturated carbocycles. The molecule has 21 heavy (non-hydrogen) atoms. The van der Waals surface area contributed by atoms with Gasteiger partial charge in [-0.1, -0.05) is 59.5 Å². The van der Waals surface area contributed by atoms with Crippen LogP contribution in [0.2, 0.25) is 17.1 Å². The van der Waals surface area contributed by atoms with E-state index in [0.29, 0.717) is 17.2 Å². The van der Waals surface area contributed by atoms with Crippen LogP contribution in [-0.2, 0) is 4.43 Å². The Kier molecular flexibility index (Phi) is 6.13. The minimum atomic E-state index is -1.67. The van der Waals surface area contributed by atoms with Gasteiger partial charge in [-0.2, -0.15) is 0 Å². The SMILES string of the molecule is C=CCC[Si](OC1CC2CCCCC2C1)(C(C)C)C(C)C. The van der Waals surface area contributed by atoms with Crippen LogP contribution in [0.25, 0.3) is 0 Å². The van der Waals surface area contributed by atoms with Crippen molar-refractivity contribution in [2.75, 3.05) is 0 Å². The zero-order valence-electron chi connectivity index (χ0n) is 14.7. The lowest BCUT2D eigenvalue weighted by Gasteiger charge is -2.41. The fourth-order valence-corrected chi connectivity index (χ4v) is 9.60. The highest BCUT2D eigenvalue weighted by Gasteiger charge is 2.46. The largest absolute Gasteiger partial charge is 0.413 e. The highest BCUT2D eigenvalue weighted by molar-refractivity contribution is 6.76. The monoisotopic (exact) mass is 308 g/mol. The molecule has 2 rings (SSSR count). The van der Waals surface area contributed by atoms with Gasteiger partial charge < -0.3 is 4.43 Å². The van der Waals surface area contributed by atoms with Crippen molar-refractivity contribution < 1.29 is 4.43 Å². The van der Waals surface area contributed by atoms with Crippen LogP contribution in [0.4, 0.5) is 0 Å². The van der Waals surface area contributed by atoms with Crippen LogP contribution in [0.5, 0.6) is 0 Å². The molecule has 2 fully saturated rings. The van der Waals surface area contributed by atoms with Gasteiger partial charge in [0.05, 0.1) is 0 Å². The van der Waals surface area contributed by atoms with Gasteiger partial charge in [-0.3, -0.25) is 0 Å². The van der Waals surface area contributed by atoms with Crippen LogP contribution in [0, 0.1) is 11.8 Å². The molecule has 2 aliphatic carbocycles. The average Bonchev–Trinajstić information content (AvgIpc) is 2.84. The molecular formula is C19H36OSi. The van der Waals surface area contributed by atoms with Crippen LogP contribution in [0.15, 0.2) is 12.7 Å². The summed E-state index contributed by atoms with van der Waals surface area (Å²) in [7, 11) is -1.67. The summed E-state index contributed by atoms with van der Waals surface area (Å²) >= 11 is 0. The lowest BCUT2D eigenvalue weighted by atomic mass is 9.82. The van der Waals surface area contributed by atoms with Gasteiger partial charge in [-0.25, -0.2) is 0 Å². The Morgan fingerprint density at radius 1 is 1.05 bits per heavy atom. The summed E-state index contributed by atoms with van der Waals surface area (Å²) in [5.41, 5.74) is 1.42. The molecule has 0 aromatic rings. The van der Waals surface area contributed by atoms with Gasteiger partial charge in [0.15, 0.2) is 8.32 Å². The van der Waals surface area contributed by atoms with Crippen molar-refractivity contribution in [3.63, 3.8) is 0 Å². The summed E-state index contributed by atoms with van der Waals surface area (Å²) < 4.78 is 7.01. The normalized spacial score (nSPS) is 29.9. The Morgan fingerprint density at radius 2 is 1.57 bits per heavy atom. The van der Waals surface area contributed by atoms with Gasteiger partial charge in [0.1, 0.15) is 0 Å². The van der Waals surface area contributed by atoms with E-state index in [2.05, 4.69) is 40.3 Å². The van der Waals surface area contributed by atoms with Gasteiger partial charge in [0.2, 0.25) is 0 Å². The molecule has 2 heteroatoms. The molecule has 0 amide bonds. The van der Waals surface area contributed by atoms with Crippen molar-refractivity contribution in [3.8, 4) is 0 Å². The number of allylic oxidation sites excluding steroid dienone is 1. The number of hydrogen-bond acceptors (Lipinski definition) is 1. The third-order valence-corrected chi connectivity index (χ3v) is 12.0. The molecule has 122 valence electrons. The first kappa shape index (κ1) is 17.3. The molecule has 1 nitrogen and oxygen atoms in total. The van der Waals surface area contributed by atoms with E-state index in [-0.39, 0.29) is 0 Å². The van der Waals surface area contributed by atoms with E-state index in [1.807, 2.05) is 0 Å². The Morgan fingerprint density at radius 3 is 2.00 bits per heavy atom. The predicted molar refractivity (Wildman–Crippen MR) is 95.1 cm³/mol. The molecule has 0 aliphatic heterocycles. The Hall–Kier alpha value is -0.0831. The Balaban J connectivity index is 2.05. The maximum Gasteiger partial charge on any atom is 0.198 e. The van der Waals surface area contributed by atoms with Gasteiger partial charge in [-0.15, -0.1) is 6.58 Å². The molecule has 0 aromatic carbocycles. The first-order valence-electron chi connectivity index (χ1n) is 9.28. The molecule has 0 bridgehead atoms. The van der Waals surface area contributed by atoms with Crippen LogP contribution >= 0.6 is 0 Å². The number of rotatable bonds is 7. The van der Waals surface area contributed by atoms with Crippen LogP contribution in [0.1, 0.15) is 72.6 Å². The maximum atomic E-state index is 7.01. The summed E-state index contributed by atoms with van der Waals surface area (Å²) in [6.45, 7) is 13.5. The fraction of sp³-hybridized carbons (Fsp3) is 0.895. The Labute approximate surface area is 133 Å². The van der Waals surface area contributed by atoms with E-state index in [9.17, 15) is 0 Å². The second kappa shape index (κ2) is 7.46. The average molecular weight is 309 g/mol. The fourth-order valence-electron chi connectivity index (χ4n) is 4.99. The third-order valence-electron chi connectivity index (χ3n) is 6.28. The van der Waals surface area contributed by atoms with Crippen molar-refractivity contribution in [2.45, 2.75) is 95.9 Å². The van der Waals surface area contributed by atoms with E-state index in [1.165, 1.54) is 44.6 Å². The minimum absolute atomic E-state index is 0.569.